The molecule has 0 aromatic heterocycles. The molecule has 6 aliphatic heterocycles. The van der Waals surface area contributed by atoms with Gasteiger partial charge in [-0.05, 0) is 165 Å². The smallest absolute Gasteiger partial charge is 0.328 e. The molecule has 9 atom stereocenters. The second-order valence-corrected chi connectivity index (χ2v) is 28.4. The van der Waals surface area contributed by atoms with E-state index in [0.717, 1.165) is 36.1 Å². The molecule has 3 aromatic rings. The molecule has 36 heteroatoms. The average molecular weight is 1550 g/mol. The largest absolute Gasteiger partial charge is 0.480 e. The summed E-state index contributed by atoms with van der Waals surface area (Å²) in [6, 6.07) is 22.6. The summed E-state index contributed by atoms with van der Waals surface area (Å²) in [5.74, 6) is -3.51. The van der Waals surface area contributed by atoms with Crippen LogP contribution in [-0.4, -0.2) is 254 Å². The number of carbonyl (C=O) groups is 9. The van der Waals surface area contributed by atoms with E-state index in [2.05, 4.69) is 30.5 Å². The van der Waals surface area contributed by atoms with Crippen molar-refractivity contribution in [3.05, 3.63) is 138 Å². The first kappa shape index (κ1) is 87.0. The fourth-order valence-electron chi connectivity index (χ4n) is 14.0. The number of benzene rings is 3. The van der Waals surface area contributed by atoms with Gasteiger partial charge in [-0.2, -0.15) is 11.8 Å². The summed E-state index contributed by atoms with van der Waals surface area (Å²) in [6.07, 6.45) is 11.9. The second-order valence-electron chi connectivity index (χ2n) is 27.2. The first-order valence-electron chi connectivity index (χ1n) is 37.6. The molecule has 0 saturated carbocycles. The Hall–Kier alpha value is -9.20. The highest BCUT2D eigenvalue weighted by Crippen LogP contribution is 2.29. The van der Waals surface area contributed by atoms with E-state index in [0.29, 0.717) is 173 Å². The summed E-state index contributed by atoms with van der Waals surface area (Å²) >= 11 is 1.39. The molecule has 9 rings (SSSR count). The zero-order chi connectivity index (χ0) is 78.5. The van der Waals surface area contributed by atoms with Crippen LogP contribution in [-0.2, 0) is 91.1 Å². The van der Waals surface area contributed by atoms with Crippen LogP contribution in [0.4, 0.5) is 0 Å². The minimum atomic E-state index is -1.03. The van der Waals surface area contributed by atoms with Crippen LogP contribution in [0, 0.1) is 30.3 Å². The van der Waals surface area contributed by atoms with Crippen LogP contribution in [0.15, 0.2) is 91.0 Å². The molecular formula is C73H104N12O23S. The maximum absolute atomic E-state index is 13.6. The quantitative estimate of drug-likeness (QED) is 0.0161. The lowest BCUT2D eigenvalue weighted by Crippen LogP contribution is -2.61. The Morgan fingerprint density at radius 2 is 0.716 bits per heavy atom. The number of hydrazine groups is 3. The van der Waals surface area contributed by atoms with E-state index >= 15 is 0 Å². The SMILES string of the molecule is CC(=O)C1CCCN2CCCC(NC(CCc3ccccc3)C(=O)OCCSCCO[N+](=O)[O-])C(=O)N12.O=C(OCCCCO[N+](=O)[O-])C(CCc1ccccc1)NC1CCCN2CCCC(C(=O)O)N2C1=O.O=C(OCCCCO[N+](=O)[O-])C(CCc1ccccc1)NC1CCCN2CCCC(C(=O)O)N2C1=O. The van der Waals surface area contributed by atoms with Gasteiger partial charge in [-0.15, -0.1) is 30.3 Å². The third-order valence-corrected chi connectivity index (χ3v) is 20.3. The van der Waals surface area contributed by atoms with Gasteiger partial charge in [0, 0.05) is 50.8 Å². The number of thioether (sulfide) groups is 1. The van der Waals surface area contributed by atoms with Crippen LogP contribution in [0.25, 0.3) is 0 Å². The Kier molecular flexibility index (Phi) is 37.5. The fraction of sp³-hybridized carbons (Fsp3) is 0.630. The van der Waals surface area contributed by atoms with Gasteiger partial charge in [0.05, 0.1) is 44.6 Å². The highest BCUT2D eigenvalue weighted by atomic mass is 32.2. The average Bonchev–Trinajstić information content (AvgIpc) is 1.77. The number of hydrogen-bond acceptors (Lipinski definition) is 28. The Balaban J connectivity index is 0.000000228. The monoisotopic (exact) mass is 1550 g/mol. The number of esters is 3. The number of nitrogens with one attached hydrogen (secondary N) is 3. The molecule has 6 fully saturated rings. The van der Waals surface area contributed by atoms with Crippen LogP contribution in [0.2, 0.25) is 0 Å². The predicted molar refractivity (Wildman–Crippen MR) is 392 cm³/mol. The molecule has 6 aliphatic rings. The van der Waals surface area contributed by atoms with Crippen molar-refractivity contribution in [3.63, 3.8) is 0 Å². The van der Waals surface area contributed by atoms with Gasteiger partial charge in [-0.3, -0.25) is 64.5 Å². The minimum Gasteiger partial charge on any atom is -0.480 e. The van der Waals surface area contributed by atoms with Crippen LogP contribution in [0.5, 0.6) is 0 Å². The number of aliphatic carboxylic acids is 2. The molecule has 3 amide bonds. The number of aryl methyl sites for hydroxylation is 3. The molecule has 6 heterocycles. The number of ether oxygens (including phenoxy) is 3. The van der Waals surface area contributed by atoms with E-state index in [1.54, 1.807) is 5.01 Å². The molecule has 9 unspecified atom stereocenters. The summed E-state index contributed by atoms with van der Waals surface area (Å²) in [6.45, 7) is 5.50. The molecule has 0 radical (unpaired) electrons. The number of rotatable bonds is 40. The number of unbranched alkanes of at least 4 members (excludes halogenated alkanes) is 2. The van der Waals surface area contributed by atoms with Crippen LogP contribution >= 0.6 is 11.8 Å². The summed E-state index contributed by atoms with van der Waals surface area (Å²) in [7, 11) is 0. The molecule has 0 spiro atoms. The lowest BCUT2D eigenvalue weighted by atomic mass is 10.0. The topological polar surface area (TPSA) is 434 Å². The molecule has 5 N–H and O–H groups in total. The first-order valence-corrected chi connectivity index (χ1v) is 38.7. The Labute approximate surface area is 636 Å². The number of carboxylic acid groups (broad SMARTS) is 2. The van der Waals surface area contributed by atoms with Gasteiger partial charge in [-0.25, -0.2) is 24.6 Å². The van der Waals surface area contributed by atoms with Crippen LogP contribution < -0.4 is 16.0 Å². The highest BCUT2D eigenvalue weighted by Gasteiger charge is 2.46. The number of hydrogen-bond donors (Lipinski definition) is 5. The van der Waals surface area contributed by atoms with Gasteiger partial charge >= 0.3 is 29.8 Å². The number of fused-ring (bicyclic) bond motifs is 3. The fourth-order valence-corrected chi connectivity index (χ4v) is 14.6. The third-order valence-electron chi connectivity index (χ3n) is 19.4. The molecule has 6 saturated heterocycles. The van der Waals surface area contributed by atoms with Gasteiger partial charge in [-0.1, -0.05) is 91.0 Å². The Bertz CT molecular complexity index is 3270. The van der Waals surface area contributed by atoms with Crippen molar-refractivity contribution in [2.24, 2.45) is 0 Å². The summed E-state index contributed by atoms with van der Waals surface area (Å²) in [5.41, 5.74) is 3.15. The summed E-state index contributed by atoms with van der Waals surface area (Å²) in [4.78, 5) is 159. The number of amides is 3. The Morgan fingerprint density at radius 3 is 1.04 bits per heavy atom. The lowest BCUT2D eigenvalue weighted by molar-refractivity contribution is -0.757. The molecule has 35 nitrogen and oxygen atoms in total. The molecular weight excluding hydrogens is 1440 g/mol. The molecule has 0 aliphatic carbocycles. The maximum atomic E-state index is 13.6. The Morgan fingerprint density at radius 1 is 0.431 bits per heavy atom. The van der Waals surface area contributed by atoms with Crippen molar-refractivity contribution < 1.29 is 97.3 Å². The normalized spacial score (nSPS) is 21.1. The summed E-state index contributed by atoms with van der Waals surface area (Å²) in [5, 5.41) is 67.1. The number of carbonyl (C=O) groups excluding carboxylic acids is 7. The minimum absolute atomic E-state index is 0.0224. The van der Waals surface area contributed by atoms with E-state index in [1.165, 1.54) is 28.7 Å². The van der Waals surface area contributed by atoms with Crippen molar-refractivity contribution in [2.75, 3.05) is 90.4 Å². The van der Waals surface area contributed by atoms with Gasteiger partial charge in [0.15, 0.2) is 5.78 Å². The number of ketones is 1. The second kappa shape index (κ2) is 47.0. The molecule has 0 bridgehead atoms. The number of carboxylic acids is 2. The first-order chi connectivity index (χ1) is 52.6. The zero-order valence-corrected chi connectivity index (χ0v) is 62.5. The van der Waals surface area contributed by atoms with Crippen molar-refractivity contribution >= 4 is 65.1 Å². The number of nitrogens with zero attached hydrogens (tertiary/aromatic N) is 9. The van der Waals surface area contributed by atoms with Gasteiger partial charge < -0.3 is 38.9 Å². The van der Waals surface area contributed by atoms with Crippen LogP contribution in [0.1, 0.15) is 146 Å². The van der Waals surface area contributed by atoms with Crippen molar-refractivity contribution in [2.45, 2.75) is 203 Å². The standard InChI is InChI=1S/C25H36N4O7S.2C24H34N4O8/c1-19(30)23-10-6-14-27-13-5-9-21(24(31)28(23)27)26-22(12-11-20-7-3-2-4-8-20)25(32)35-15-17-37-18-16-36-29(33)34;2*29-22-19(10-6-14-26-15-7-11-21(23(30)31)27(22)26)25-20(13-12-18-8-2-1-3-9-18)24(32)35-16-4-5-17-36-28(33)34/h2-4,7-8,21-23,26H,5-6,9-18H2,1H3;2*1-3,8-9,19-21,25H,4-7,10-17H2,(H,30,31). The van der Waals surface area contributed by atoms with Gasteiger partial charge in [0.1, 0.15) is 49.5 Å². The van der Waals surface area contributed by atoms with E-state index < -0.39 is 99.5 Å². The van der Waals surface area contributed by atoms with Crippen molar-refractivity contribution in [1.82, 2.24) is 46.0 Å². The van der Waals surface area contributed by atoms with Gasteiger partial charge in [0.25, 0.3) is 33.0 Å². The van der Waals surface area contributed by atoms with E-state index in [4.69, 9.17) is 14.2 Å². The van der Waals surface area contributed by atoms with Crippen LogP contribution in [0.3, 0.4) is 0 Å². The van der Waals surface area contributed by atoms with E-state index in [1.807, 2.05) is 106 Å². The third kappa shape index (κ3) is 29.3. The van der Waals surface area contributed by atoms with Gasteiger partial charge in [0.2, 0.25) is 0 Å². The number of Topliss-reactive ketones (excluding diaryl/α,β-unsaturated/α-hetero) is 1. The maximum Gasteiger partial charge on any atom is 0.328 e. The molecule has 600 valence electrons. The predicted octanol–water partition coefficient (Wildman–Crippen LogP) is 5.15. The molecule has 109 heavy (non-hydrogen) atoms. The highest BCUT2D eigenvalue weighted by molar-refractivity contribution is 7.99. The zero-order valence-electron chi connectivity index (χ0n) is 61.7. The van der Waals surface area contributed by atoms with Crippen molar-refractivity contribution in [3.8, 4) is 0 Å². The van der Waals surface area contributed by atoms with E-state index in [9.17, 15) is 83.7 Å². The molecule has 3 aromatic carbocycles. The summed E-state index contributed by atoms with van der Waals surface area (Å²) < 4.78 is 16.3. The lowest BCUT2D eigenvalue weighted by Gasteiger charge is -2.43. The van der Waals surface area contributed by atoms with Crippen molar-refractivity contribution in [1.29, 1.82) is 0 Å². The van der Waals surface area contributed by atoms with E-state index in [-0.39, 0.29) is 63.1 Å².